The maximum atomic E-state index is 12.3. The zero-order valence-corrected chi connectivity index (χ0v) is 14.2. The van der Waals surface area contributed by atoms with Crippen molar-refractivity contribution in [3.05, 3.63) is 46.6 Å². The summed E-state index contributed by atoms with van der Waals surface area (Å²) in [5, 5.41) is 10.1. The Hall–Kier alpha value is -2.21. The van der Waals surface area contributed by atoms with E-state index < -0.39 is 11.8 Å². The molecule has 1 N–H and O–H groups in total. The third-order valence-corrected chi connectivity index (χ3v) is 3.75. The summed E-state index contributed by atoms with van der Waals surface area (Å²) in [6.07, 6.45) is -0.106. The minimum atomic E-state index is -0.446. The van der Waals surface area contributed by atoms with Gasteiger partial charge in [-0.05, 0) is 28.9 Å². The summed E-state index contributed by atoms with van der Waals surface area (Å²) in [7, 11) is 0. The zero-order chi connectivity index (χ0) is 16.8. The number of ketones is 1. The van der Waals surface area contributed by atoms with E-state index in [0.29, 0.717) is 10.2 Å². The molecule has 0 unspecified atom stereocenters. The summed E-state index contributed by atoms with van der Waals surface area (Å²) in [6, 6.07) is 11.0. The highest BCUT2D eigenvalue weighted by Crippen LogP contribution is 2.32. The number of esters is 1. The number of carbonyl (C=O) groups excluding carboxylic acids is 2. The standard InChI is InChI=1S/C17H16BrNO4/c1-2-23-15(21)9-8-14(20)16-17(22)12(18)10-13(19-16)11-6-4-3-5-7-11/h3-7,10,22H,2,8-9H2,1H3. The van der Waals surface area contributed by atoms with Gasteiger partial charge in [0.1, 0.15) is 5.69 Å². The summed E-state index contributed by atoms with van der Waals surface area (Å²) >= 11 is 3.23. The van der Waals surface area contributed by atoms with Gasteiger partial charge in [0.15, 0.2) is 11.5 Å². The Labute approximate surface area is 142 Å². The van der Waals surface area contributed by atoms with E-state index in [9.17, 15) is 14.7 Å². The minimum absolute atomic E-state index is 0.0407. The number of ether oxygens (including phenoxy) is 1. The van der Waals surface area contributed by atoms with Crippen LogP contribution in [-0.4, -0.2) is 28.4 Å². The smallest absolute Gasteiger partial charge is 0.306 e. The summed E-state index contributed by atoms with van der Waals surface area (Å²) in [4.78, 5) is 27.9. The fraction of sp³-hybridized carbons (Fsp3) is 0.235. The highest BCUT2D eigenvalue weighted by Gasteiger charge is 2.19. The van der Waals surface area contributed by atoms with Crippen LogP contribution in [0, 0.1) is 0 Å². The average molecular weight is 378 g/mol. The second-order valence-electron chi connectivity index (χ2n) is 4.78. The molecule has 1 heterocycles. The van der Waals surface area contributed by atoms with Gasteiger partial charge in [0.2, 0.25) is 0 Å². The Balaban J connectivity index is 2.26. The van der Waals surface area contributed by atoms with Gasteiger partial charge in [-0.2, -0.15) is 0 Å². The number of carbonyl (C=O) groups is 2. The first kappa shape index (κ1) is 17.1. The number of pyridine rings is 1. The van der Waals surface area contributed by atoms with Gasteiger partial charge in [-0.25, -0.2) is 4.98 Å². The summed E-state index contributed by atoms with van der Waals surface area (Å²) in [5.74, 6) is -1.08. The van der Waals surface area contributed by atoms with Gasteiger partial charge in [0, 0.05) is 12.0 Å². The molecule has 1 aromatic carbocycles. The first-order valence-corrected chi connectivity index (χ1v) is 7.96. The molecule has 0 amide bonds. The lowest BCUT2D eigenvalue weighted by molar-refractivity contribution is -0.143. The quantitative estimate of drug-likeness (QED) is 0.612. The summed E-state index contributed by atoms with van der Waals surface area (Å²) in [6.45, 7) is 1.97. The molecule has 0 saturated carbocycles. The maximum absolute atomic E-state index is 12.3. The van der Waals surface area contributed by atoms with Crippen molar-refractivity contribution in [1.82, 2.24) is 4.98 Å². The van der Waals surface area contributed by atoms with Gasteiger partial charge in [-0.15, -0.1) is 0 Å². The Morgan fingerprint density at radius 3 is 2.57 bits per heavy atom. The fourth-order valence-electron chi connectivity index (χ4n) is 2.03. The van der Waals surface area contributed by atoms with E-state index in [0.717, 1.165) is 5.56 Å². The number of halogens is 1. The van der Waals surface area contributed by atoms with Gasteiger partial charge < -0.3 is 9.84 Å². The van der Waals surface area contributed by atoms with E-state index in [1.54, 1.807) is 13.0 Å². The van der Waals surface area contributed by atoms with Crippen molar-refractivity contribution in [3.63, 3.8) is 0 Å². The molecule has 0 radical (unpaired) electrons. The first-order valence-electron chi connectivity index (χ1n) is 7.16. The van der Waals surface area contributed by atoms with Crippen LogP contribution in [0.25, 0.3) is 11.3 Å². The van der Waals surface area contributed by atoms with Crippen LogP contribution in [0.5, 0.6) is 5.75 Å². The van der Waals surface area contributed by atoms with E-state index in [2.05, 4.69) is 20.9 Å². The number of hydrogen-bond acceptors (Lipinski definition) is 5. The third-order valence-electron chi connectivity index (χ3n) is 3.14. The van der Waals surface area contributed by atoms with Crippen molar-refractivity contribution < 1.29 is 19.4 Å². The lowest BCUT2D eigenvalue weighted by atomic mass is 10.1. The summed E-state index contributed by atoms with van der Waals surface area (Å²) in [5.41, 5.74) is 1.34. The van der Waals surface area contributed by atoms with Crippen LogP contribution in [0.1, 0.15) is 30.3 Å². The molecule has 0 fully saturated rings. The molecule has 0 spiro atoms. The molecule has 0 aliphatic heterocycles. The van der Waals surface area contributed by atoms with Crippen molar-refractivity contribution in [1.29, 1.82) is 0 Å². The molecule has 0 bridgehead atoms. The van der Waals surface area contributed by atoms with Crippen molar-refractivity contribution in [2.24, 2.45) is 0 Å². The molecule has 1 aromatic heterocycles. The molecular weight excluding hydrogens is 362 g/mol. The van der Waals surface area contributed by atoms with Crippen LogP contribution in [-0.2, 0) is 9.53 Å². The van der Waals surface area contributed by atoms with Crippen LogP contribution < -0.4 is 0 Å². The molecule has 0 atom stereocenters. The molecule has 6 heteroatoms. The van der Waals surface area contributed by atoms with Crippen molar-refractivity contribution in [2.45, 2.75) is 19.8 Å². The van der Waals surface area contributed by atoms with Gasteiger partial charge >= 0.3 is 5.97 Å². The number of Topliss-reactive ketones (excluding diaryl/α,β-unsaturated/α-hetero) is 1. The molecule has 5 nitrogen and oxygen atoms in total. The van der Waals surface area contributed by atoms with E-state index in [-0.39, 0.29) is 30.9 Å². The Kier molecular flexibility index (Phi) is 5.87. The number of aromatic nitrogens is 1. The highest BCUT2D eigenvalue weighted by atomic mass is 79.9. The predicted octanol–water partition coefficient (Wildman–Crippen LogP) is 3.74. The Bertz CT molecular complexity index is 716. The van der Waals surface area contributed by atoms with Crippen LogP contribution in [0.2, 0.25) is 0 Å². The van der Waals surface area contributed by atoms with Gasteiger partial charge in [0.25, 0.3) is 0 Å². The lowest BCUT2D eigenvalue weighted by Crippen LogP contribution is -2.09. The molecule has 120 valence electrons. The number of nitrogens with zero attached hydrogens (tertiary/aromatic N) is 1. The van der Waals surface area contributed by atoms with Gasteiger partial charge in [0.05, 0.1) is 23.2 Å². The molecule has 0 saturated heterocycles. The Morgan fingerprint density at radius 2 is 1.91 bits per heavy atom. The van der Waals surface area contributed by atoms with E-state index in [4.69, 9.17) is 4.74 Å². The van der Waals surface area contributed by atoms with Crippen LogP contribution in [0.3, 0.4) is 0 Å². The zero-order valence-electron chi connectivity index (χ0n) is 12.6. The molecule has 2 rings (SSSR count). The second kappa shape index (κ2) is 7.87. The predicted molar refractivity (Wildman–Crippen MR) is 89.2 cm³/mol. The van der Waals surface area contributed by atoms with Gasteiger partial charge in [-0.3, -0.25) is 9.59 Å². The van der Waals surface area contributed by atoms with Crippen LogP contribution in [0.15, 0.2) is 40.9 Å². The highest BCUT2D eigenvalue weighted by molar-refractivity contribution is 9.10. The van der Waals surface area contributed by atoms with Crippen molar-refractivity contribution >= 4 is 27.7 Å². The average Bonchev–Trinajstić information content (AvgIpc) is 2.56. The van der Waals surface area contributed by atoms with E-state index in [1.165, 1.54) is 0 Å². The van der Waals surface area contributed by atoms with Crippen LogP contribution in [0.4, 0.5) is 0 Å². The monoisotopic (exact) mass is 377 g/mol. The lowest BCUT2D eigenvalue weighted by Gasteiger charge is -2.09. The molecule has 2 aromatic rings. The van der Waals surface area contributed by atoms with Gasteiger partial charge in [-0.1, -0.05) is 30.3 Å². The van der Waals surface area contributed by atoms with E-state index >= 15 is 0 Å². The molecule has 23 heavy (non-hydrogen) atoms. The summed E-state index contributed by atoms with van der Waals surface area (Å²) < 4.78 is 5.17. The largest absolute Gasteiger partial charge is 0.504 e. The minimum Gasteiger partial charge on any atom is -0.504 e. The third kappa shape index (κ3) is 4.39. The molecule has 0 aliphatic rings. The molecule has 0 aliphatic carbocycles. The van der Waals surface area contributed by atoms with Crippen molar-refractivity contribution in [2.75, 3.05) is 6.61 Å². The van der Waals surface area contributed by atoms with Crippen molar-refractivity contribution in [3.8, 4) is 17.0 Å². The SMILES string of the molecule is CCOC(=O)CCC(=O)c1nc(-c2ccccc2)cc(Br)c1O. The second-order valence-corrected chi connectivity index (χ2v) is 5.64. The normalized spacial score (nSPS) is 10.3. The number of hydrogen-bond donors (Lipinski definition) is 1. The number of benzene rings is 1. The maximum Gasteiger partial charge on any atom is 0.306 e. The Morgan fingerprint density at radius 1 is 1.22 bits per heavy atom. The number of rotatable bonds is 6. The number of aromatic hydroxyl groups is 1. The molecular formula is C17H16BrNO4. The van der Waals surface area contributed by atoms with Crippen LogP contribution >= 0.6 is 15.9 Å². The van der Waals surface area contributed by atoms with E-state index in [1.807, 2.05) is 30.3 Å². The first-order chi connectivity index (χ1) is 11.0. The fourth-order valence-corrected chi connectivity index (χ4v) is 2.43. The topological polar surface area (TPSA) is 76.5 Å².